The summed E-state index contributed by atoms with van der Waals surface area (Å²) in [6, 6.07) is 22.9. The fourth-order valence-corrected chi connectivity index (χ4v) is 5.80. The molecule has 1 aromatic heterocycles. The van der Waals surface area contributed by atoms with Crippen molar-refractivity contribution in [2.24, 2.45) is 0 Å². The highest BCUT2D eigenvalue weighted by molar-refractivity contribution is 6.41. The van der Waals surface area contributed by atoms with E-state index in [0.717, 1.165) is 6.42 Å². The third-order valence-corrected chi connectivity index (χ3v) is 7.06. The molecule has 0 spiro atoms. The van der Waals surface area contributed by atoms with Crippen molar-refractivity contribution in [1.82, 2.24) is 9.55 Å². The fourth-order valence-electron chi connectivity index (χ4n) is 3.30. The third kappa shape index (κ3) is 3.05. The highest BCUT2D eigenvalue weighted by atomic mass is 28.2. The van der Waals surface area contributed by atoms with Crippen LogP contribution < -0.4 is 0 Å². The van der Waals surface area contributed by atoms with Crippen LogP contribution in [0, 0.1) is 0 Å². The molecule has 2 nitrogen and oxygen atoms in total. The van der Waals surface area contributed by atoms with E-state index in [1.807, 2.05) is 18.6 Å². The average Bonchev–Trinajstić information content (AvgIpc) is 3.15. The van der Waals surface area contributed by atoms with Gasteiger partial charge in [-0.05, 0) is 17.5 Å². The minimum atomic E-state index is -0.506. The Balaban J connectivity index is 2.19. The average molecular weight is 318 g/mol. The summed E-state index contributed by atoms with van der Waals surface area (Å²) in [5, 5.41) is -0.0952. The van der Waals surface area contributed by atoms with Crippen molar-refractivity contribution in [3.05, 3.63) is 103 Å². The van der Waals surface area contributed by atoms with Gasteiger partial charge in [0.05, 0.1) is 21.0 Å². The maximum atomic E-state index is 4.33. The summed E-state index contributed by atoms with van der Waals surface area (Å²) in [6.07, 6.45) is 9.04. The normalized spacial score (nSPS) is 11.8. The van der Waals surface area contributed by atoms with Crippen LogP contribution in [0.5, 0.6) is 0 Å². The Hall–Kier alpha value is -2.39. The van der Waals surface area contributed by atoms with E-state index in [4.69, 9.17) is 0 Å². The second kappa shape index (κ2) is 7.25. The number of imidazole rings is 1. The summed E-state index contributed by atoms with van der Waals surface area (Å²) in [5.41, 5.74) is 2.69. The number of nitrogens with zero attached hydrogens (tertiary/aromatic N) is 2. The van der Waals surface area contributed by atoms with Gasteiger partial charge in [-0.15, -0.1) is 6.58 Å². The lowest BCUT2D eigenvalue weighted by molar-refractivity contribution is 0.590. The minimum absolute atomic E-state index is 0.0952. The smallest absolute Gasteiger partial charge is 0.0953 e. The van der Waals surface area contributed by atoms with E-state index in [2.05, 4.69) is 83.0 Å². The second-order valence-electron chi connectivity index (χ2n) is 5.74. The Bertz CT molecular complexity index is 681. The Labute approximate surface area is 140 Å². The third-order valence-electron chi connectivity index (χ3n) is 4.39. The van der Waals surface area contributed by atoms with Gasteiger partial charge in [0.1, 0.15) is 0 Å². The van der Waals surface area contributed by atoms with Crippen LogP contribution in [0.1, 0.15) is 17.5 Å². The first-order valence-electron chi connectivity index (χ1n) is 8.08. The lowest BCUT2D eigenvalue weighted by Crippen LogP contribution is -2.41. The molecule has 0 bridgehead atoms. The van der Waals surface area contributed by atoms with Gasteiger partial charge in [0.15, 0.2) is 0 Å². The van der Waals surface area contributed by atoms with Gasteiger partial charge in [0, 0.05) is 12.4 Å². The molecule has 0 saturated heterocycles. The minimum Gasteiger partial charge on any atom is -0.327 e. The summed E-state index contributed by atoms with van der Waals surface area (Å²) in [4.78, 5) is 4.33. The van der Waals surface area contributed by atoms with Crippen LogP contribution in [0.2, 0.25) is 6.04 Å². The van der Waals surface area contributed by atoms with Gasteiger partial charge in [-0.25, -0.2) is 4.98 Å². The molecule has 0 radical (unpaired) electrons. The summed E-state index contributed by atoms with van der Waals surface area (Å²) >= 11 is 0. The number of hydrogen-bond donors (Lipinski definition) is 0. The van der Waals surface area contributed by atoms with E-state index >= 15 is 0 Å². The van der Waals surface area contributed by atoms with Crippen molar-refractivity contribution < 1.29 is 0 Å². The fraction of sp³-hybridized carbons (Fsp3) is 0.150. The molecule has 3 heteroatoms. The standard InChI is InChI=1S/C20H22N2Si/c1-2-3-16-23-20(22-15-14-21-17-22,18-10-6-4-7-11-18)19-12-8-5-9-13-19/h2,4-15,17H,1,3,16,23H2. The van der Waals surface area contributed by atoms with Crippen LogP contribution >= 0.6 is 0 Å². The molecule has 0 atom stereocenters. The van der Waals surface area contributed by atoms with Crippen LogP contribution in [0.25, 0.3) is 0 Å². The second-order valence-corrected chi connectivity index (χ2v) is 7.97. The molecule has 0 amide bonds. The van der Waals surface area contributed by atoms with Crippen molar-refractivity contribution in [2.45, 2.75) is 17.6 Å². The topological polar surface area (TPSA) is 17.8 Å². The molecular weight excluding hydrogens is 296 g/mol. The van der Waals surface area contributed by atoms with Crippen LogP contribution in [0.3, 0.4) is 0 Å². The Morgan fingerprint density at radius 3 is 2.09 bits per heavy atom. The molecule has 0 unspecified atom stereocenters. The predicted octanol–water partition coefficient (Wildman–Crippen LogP) is 3.80. The molecule has 0 saturated carbocycles. The first kappa shape index (κ1) is 15.5. The summed E-state index contributed by atoms with van der Waals surface area (Å²) < 4.78 is 2.30. The molecule has 3 aromatic rings. The highest BCUT2D eigenvalue weighted by Crippen LogP contribution is 2.34. The monoisotopic (exact) mass is 318 g/mol. The van der Waals surface area contributed by atoms with E-state index in [0.29, 0.717) is 0 Å². The molecule has 0 aliphatic heterocycles. The molecular formula is C20H22N2Si. The predicted molar refractivity (Wildman–Crippen MR) is 99.5 cm³/mol. The molecule has 3 rings (SSSR count). The zero-order valence-corrected chi connectivity index (χ0v) is 14.7. The van der Waals surface area contributed by atoms with Crippen LogP contribution in [0.15, 0.2) is 92.0 Å². The van der Waals surface area contributed by atoms with Gasteiger partial charge in [-0.1, -0.05) is 72.8 Å². The van der Waals surface area contributed by atoms with E-state index in [-0.39, 0.29) is 5.16 Å². The zero-order chi connectivity index (χ0) is 16.0. The molecule has 23 heavy (non-hydrogen) atoms. The van der Waals surface area contributed by atoms with Crippen molar-refractivity contribution in [3.63, 3.8) is 0 Å². The van der Waals surface area contributed by atoms with Gasteiger partial charge in [-0.3, -0.25) is 0 Å². The number of rotatable bonds is 7. The number of aromatic nitrogens is 2. The lowest BCUT2D eigenvalue weighted by Gasteiger charge is -2.36. The first-order chi connectivity index (χ1) is 11.4. The summed E-state index contributed by atoms with van der Waals surface area (Å²) in [5.74, 6) is 0. The zero-order valence-electron chi connectivity index (χ0n) is 13.3. The van der Waals surface area contributed by atoms with Gasteiger partial charge < -0.3 is 4.57 Å². The Kier molecular flexibility index (Phi) is 4.88. The largest absolute Gasteiger partial charge is 0.327 e. The van der Waals surface area contributed by atoms with Gasteiger partial charge in [0.2, 0.25) is 0 Å². The highest BCUT2D eigenvalue weighted by Gasteiger charge is 2.35. The first-order valence-corrected chi connectivity index (χ1v) is 9.79. The SMILES string of the molecule is C=CCC[SiH2]C(c1ccccc1)(c1ccccc1)n1ccnc1. The van der Waals surface area contributed by atoms with Gasteiger partial charge in [-0.2, -0.15) is 0 Å². The number of benzene rings is 2. The van der Waals surface area contributed by atoms with Crippen molar-refractivity contribution >= 4 is 9.52 Å². The van der Waals surface area contributed by atoms with Crippen LogP contribution in [0.4, 0.5) is 0 Å². The molecule has 1 heterocycles. The lowest BCUT2D eigenvalue weighted by atomic mass is 9.97. The number of allylic oxidation sites excluding steroid dienone is 1. The molecule has 0 fully saturated rings. The van der Waals surface area contributed by atoms with E-state index < -0.39 is 9.52 Å². The van der Waals surface area contributed by atoms with Crippen molar-refractivity contribution in [3.8, 4) is 0 Å². The Morgan fingerprint density at radius 1 is 1.00 bits per heavy atom. The van der Waals surface area contributed by atoms with Crippen LogP contribution in [-0.4, -0.2) is 19.1 Å². The quantitative estimate of drug-likeness (QED) is 0.368. The molecule has 0 N–H and O–H groups in total. The molecule has 0 aliphatic carbocycles. The van der Waals surface area contributed by atoms with E-state index in [1.165, 1.54) is 17.2 Å². The molecule has 0 aliphatic rings. The van der Waals surface area contributed by atoms with Crippen LogP contribution in [-0.2, 0) is 5.16 Å². The van der Waals surface area contributed by atoms with Crippen molar-refractivity contribution in [1.29, 1.82) is 0 Å². The van der Waals surface area contributed by atoms with Crippen molar-refractivity contribution in [2.75, 3.05) is 0 Å². The number of hydrogen-bond acceptors (Lipinski definition) is 1. The molecule has 2 aromatic carbocycles. The van der Waals surface area contributed by atoms with Gasteiger partial charge in [0.25, 0.3) is 0 Å². The maximum absolute atomic E-state index is 4.33. The van der Waals surface area contributed by atoms with Gasteiger partial charge >= 0.3 is 0 Å². The maximum Gasteiger partial charge on any atom is 0.0953 e. The Morgan fingerprint density at radius 2 is 1.61 bits per heavy atom. The van der Waals surface area contributed by atoms with E-state index in [1.54, 1.807) is 0 Å². The molecule has 116 valence electrons. The summed E-state index contributed by atoms with van der Waals surface area (Å²) in [6.45, 7) is 3.89. The summed E-state index contributed by atoms with van der Waals surface area (Å²) in [7, 11) is -0.506. The van der Waals surface area contributed by atoms with E-state index in [9.17, 15) is 0 Å².